The lowest BCUT2D eigenvalue weighted by Crippen LogP contribution is -2.27. The predicted octanol–water partition coefficient (Wildman–Crippen LogP) is 3.13. The molecule has 15 heavy (non-hydrogen) atoms. The molecule has 2 nitrogen and oxygen atoms in total. The van der Waals surface area contributed by atoms with Crippen molar-refractivity contribution in [3.05, 3.63) is 23.3 Å². The molecule has 1 aliphatic heterocycles. The van der Waals surface area contributed by atoms with Crippen molar-refractivity contribution in [2.75, 3.05) is 18.5 Å². The molecule has 0 radical (unpaired) electrons. The van der Waals surface area contributed by atoms with Crippen LogP contribution < -0.4 is 10.1 Å². The fourth-order valence-electron chi connectivity index (χ4n) is 1.92. The van der Waals surface area contributed by atoms with Crippen molar-refractivity contribution in [2.45, 2.75) is 27.7 Å². The first kappa shape index (κ1) is 10.3. The molecule has 1 aliphatic rings. The number of nitrogens with one attached hydrogen (secondary N) is 1. The van der Waals surface area contributed by atoms with Crippen LogP contribution in [0.15, 0.2) is 12.1 Å². The minimum absolute atomic E-state index is 0.194. The van der Waals surface area contributed by atoms with Crippen molar-refractivity contribution in [3.63, 3.8) is 0 Å². The first-order chi connectivity index (χ1) is 6.98. The Morgan fingerprint density at radius 2 is 2.00 bits per heavy atom. The second-order valence-corrected chi connectivity index (χ2v) is 5.26. The van der Waals surface area contributed by atoms with Crippen LogP contribution in [0.1, 0.15) is 25.0 Å². The molecule has 0 atom stereocenters. The molecule has 1 N–H and O–H groups in total. The number of hydrogen-bond donors (Lipinski definition) is 1. The molecule has 0 saturated carbocycles. The van der Waals surface area contributed by atoms with Crippen LogP contribution in [0.4, 0.5) is 5.69 Å². The molecule has 0 aliphatic carbocycles. The maximum absolute atomic E-state index is 5.86. The Morgan fingerprint density at radius 3 is 2.73 bits per heavy atom. The van der Waals surface area contributed by atoms with E-state index in [0.717, 1.165) is 24.6 Å². The van der Waals surface area contributed by atoms with Gasteiger partial charge in [-0.05, 0) is 31.0 Å². The van der Waals surface area contributed by atoms with Gasteiger partial charge in [-0.3, -0.25) is 0 Å². The van der Waals surface area contributed by atoms with Gasteiger partial charge < -0.3 is 10.1 Å². The molecule has 0 unspecified atom stereocenters. The molecule has 2 heteroatoms. The van der Waals surface area contributed by atoms with E-state index in [9.17, 15) is 0 Å². The van der Waals surface area contributed by atoms with E-state index in [0.29, 0.717) is 0 Å². The van der Waals surface area contributed by atoms with Crippen molar-refractivity contribution in [2.24, 2.45) is 5.41 Å². The molecule has 1 aromatic rings. The lowest BCUT2D eigenvalue weighted by molar-refractivity contribution is 0.200. The summed E-state index contributed by atoms with van der Waals surface area (Å²) < 4.78 is 5.86. The third-order valence-electron chi connectivity index (χ3n) is 2.81. The molecule has 0 spiro atoms. The summed E-state index contributed by atoms with van der Waals surface area (Å²) >= 11 is 0. The Morgan fingerprint density at radius 1 is 1.27 bits per heavy atom. The van der Waals surface area contributed by atoms with Gasteiger partial charge in [-0.2, -0.15) is 0 Å². The van der Waals surface area contributed by atoms with E-state index in [4.69, 9.17) is 4.74 Å². The van der Waals surface area contributed by atoms with Gasteiger partial charge in [-0.25, -0.2) is 0 Å². The second kappa shape index (κ2) is 3.44. The van der Waals surface area contributed by atoms with E-state index in [-0.39, 0.29) is 5.41 Å². The van der Waals surface area contributed by atoms with E-state index < -0.39 is 0 Å². The fourth-order valence-corrected chi connectivity index (χ4v) is 1.92. The van der Waals surface area contributed by atoms with Gasteiger partial charge in [0.1, 0.15) is 5.75 Å². The molecular formula is C13H19NO. The van der Waals surface area contributed by atoms with Gasteiger partial charge >= 0.3 is 0 Å². The van der Waals surface area contributed by atoms with Crippen LogP contribution >= 0.6 is 0 Å². The smallest absolute Gasteiger partial charge is 0.142 e. The maximum Gasteiger partial charge on any atom is 0.142 e. The second-order valence-electron chi connectivity index (χ2n) is 5.26. The Kier molecular flexibility index (Phi) is 2.37. The van der Waals surface area contributed by atoms with E-state index in [1.54, 1.807) is 0 Å². The normalized spacial score (nSPS) is 18.4. The average Bonchev–Trinajstić information content (AvgIpc) is 2.26. The standard InChI is InChI=1S/C13H19NO/c1-9-5-10(2)12-11(6-9)15-8-13(3,4)7-14-12/h5-6,14H,7-8H2,1-4H3. The highest BCUT2D eigenvalue weighted by molar-refractivity contribution is 5.63. The fraction of sp³-hybridized carbons (Fsp3) is 0.538. The Bertz CT molecular complexity index is 382. The zero-order chi connectivity index (χ0) is 11.1. The van der Waals surface area contributed by atoms with Crippen LogP contribution in [0.3, 0.4) is 0 Å². The van der Waals surface area contributed by atoms with Crippen LogP contribution in [0.2, 0.25) is 0 Å². The first-order valence-corrected chi connectivity index (χ1v) is 5.46. The summed E-state index contributed by atoms with van der Waals surface area (Å²) in [5.41, 5.74) is 3.88. The van der Waals surface area contributed by atoms with Crippen molar-refractivity contribution < 1.29 is 4.74 Å². The van der Waals surface area contributed by atoms with Crippen LogP contribution in [0.5, 0.6) is 5.75 Å². The lowest BCUT2D eigenvalue weighted by Gasteiger charge is -2.20. The SMILES string of the molecule is Cc1cc(C)c2c(c1)OCC(C)(C)CN2. The Hall–Kier alpha value is -1.18. The van der Waals surface area contributed by atoms with E-state index in [1.807, 2.05) is 0 Å². The summed E-state index contributed by atoms with van der Waals surface area (Å²) in [5.74, 6) is 0.998. The number of hydrogen-bond acceptors (Lipinski definition) is 2. The third-order valence-corrected chi connectivity index (χ3v) is 2.81. The van der Waals surface area contributed by atoms with Crippen LogP contribution in [0, 0.1) is 19.3 Å². The summed E-state index contributed by atoms with van der Waals surface area (Å²) in [5, 5.41) is 3.49. The molecule has 82 valence electrons. The quantitative estimate of drug-likeness (QED) is 0.702. The molecular weight excluding hydrogens is 186 g/mol. The summed E-state index contributed by atoms with van der Waals surface area (Å²) in [6, 6.07) is 4.30. The lowest BCUT2D eigenvalue weighted by atomic mass is 9.95. The average molecular weight is 205 g/mol. The highest BCUT2D eigenvalue weighted by Gasteiger charge is 2.24. The molecule has 1 aromatic carbocycles. The van der Waals surface area contributed by atoms with Gasteiger partial charge in [-0.1, -0.05) is 19.9 Å². The molecule has 0 saturated heterocycles. The minimum atomic E-state index is 0.194. The highest BCUT2D eigenvalue weighted by Crippen LogP contribution is 2.34. The summed E-state index contributed by atoms with van der Waals surface area (Å²) in [4.78, 5) is 0. The number of ether oxygens (including phenoxy) is 1. The van der Waals surface area contributed by atoms with Gasteiger partial charge in [-0.15, -0.1) is 0 Å². The molecule has 0 aromatic heterocycles. The third kappa shape index (κ3) is 2.09. The summed E-state index contributed by atoms with van der Waals surface area (Å²) in [6.45, 7) is 10.4. The van der Waals surface area contributed by atoms with Crippen molar-refractivity contribution in [1.82, 2.24) is 0 Å². The predicted molar refractivity (Wildman–Crippen MR) is 63.7 cm³/mol. The van der Waals surface area contributed by atoms with Crippen molar-refractivity contribution in [3.8, 4) is 5.75 Å². The van der Waals surface area contributed by atoms with E-state index >= 15 is 0 Å². The van der Waals surface area contributed by atoms with E-state index in [1.165, 1.54) is 11.1 Å². The number of benzene rings is 1. The molecule has 0 bridgehead atoms. The Labute approximate surface area is 91.6 Å². The van der Waals surface area contributed by atoms with Crippen LogP contribution in [-0.4, -0.2) is 13.2 Å². The minimum Gasteiger partial charge on any atom is -0.491 e. The molecule has 0 amide bonds. The van der Waals surface area contributed by atoms with Crippen LogP contribution in [-0.2, 0) is 0 Å². The van der Waals surface area contributed by atoms with Crippen molar-refractivity contribution in [1.29, 1.82) is 0 Å². The molecule has 2 rings (SSSR count). The number of rotatable bonds is 0. The van der Waals surface area contributed by atoms with Gasteiger partial charge in [0.05, 0.1) is 12.3 Å². The zero-order valence-electron chi connectivity index (χ0n) is 9.98. The maximum atomic E-state index is 5.86. The van der Waals surface area contributed by atoms with Gasteiger partial charge in [0, 0.05) is 12.0 Å². The number of fused-ring (bicyclic) bond motifs is 1. The van der Waals surface area contributed by atoms with Gasteiger partial charge in [0.25, 0.3) is 0 Å². The monoisotopic (exact) mass is 205 g/mol. The molecule has 1 heterocycles. The summed E-state index contributed by atoms with van der Waals surface area (Å²) in [7, 11) is 0. The highest BCUT2D eigenvalue weighted by atomic mass is 16.5. The zero-order valence-corrected chi connectivity index (χ0v) is 9.98. The van der Waals surface area contributed by atoms with E-state index in [2.05, 4.69) is 45.1 Å². The van der Waals surface area contributed by atoms with Gasteiger partial charge in [0.2, 0.25) is 0 Å². The first-order valence-electron chi connectivity index (χ1n) is 5.46. The van der Waals surface area contributed by atoms with Gasteiger partial charge in [0.15, 0.2) is 0 Å². The number of anilines is 1. The van der Waals surface area contributed by atoms with Crippen molar-refractivity contribution >= 4 is 5.69 Å². The molecule has 0 fully saturated rings. The van der Waals surface area contributed by atoms with Crippen LogP contribution in [0.25, 0.3) is 0 Å². The Balaban J connectivity index is 2.39. The topological polar surface area (TPSA) is 21.3 Å². The summed E-state index contributed by atoms with van der Waals surface area (Å²) in [6.07, 6.45) is 0. The largest absolute Gasteiger partial charge is 0.491 e. The number of aryl methyl sites for hydroxylation is 2.